The SMILES string of the molecule is O=C(O)C(=C(C(F)(F)C(F)(F)C(O)(F)F)C(F)(F)C(F)(F)C(F)(F)C(F)(F)C(F)(F)C(F)(F)F)C(F)(F)F. The molecule has 0 aromatic rings. The summed E-state index contributed by atoms with van der Waals surface area (Å²) in [5.74, 6) is -66.9. The number of carboxylic acid groups (broad SMARTS) is 1. The van der Waals surface area contributed by atoms with Gasteiger partial charge >= 0.3 is 65.9 Å². The van der Waals surface area contributed by atoms with Crippen molar-refractivity contribution in [3.8, 4) is 0 Å². The largest absolute Gasteiger partial charge is 0.478 e. The summed E-state index contributed by atoms with van der Waals surface area (Å²) in [4.78, 5) is 10.5. The van der Waals surface area contributed by atoms with E-state index in [-0.39, 0.29) is 0 Å². The standard InChI is InChI=1S/C13H2F22O3/c14-4(15,7(21,22)9(25,26)10(27,28)11(29,30)12(31,32)33)2(1(3(36)37)6(18,19)20)5(16,17)8(23,24)13(34,35)38/h38H,(H,36,37). The number of hydrogen-bond donors (Lipinski definition) is 2. The van der Waals surface area contributed by atoms with Crippen LogP contribution in [-0.2, 0) is 4.79 Å². The van der Waals surface area contributed by atoms with Crippen molar-refractivity contribution < 1.29 is 112 Å². The van der Waals surface area contributed by atoms with Crippen molar-refractivity contribution >= 4 is 5.97 Å². The van der Waals surface area contributed by atoms with Crippen LogP contribution in [0.15, 0.2) is 11.1 Å². The fourth-order valence-electron chi connectivity index (χ4n) is 2.15. The molecule has 0 heterocycles. The van der Waals surface area contributed by atoms with E-state index >= 15 is 0 Å². The quantitative estimate of drug-likeness (QED) is 0.227. The normalized spacial score (nSPS) is 16.9. The molecule has 2 N–H and O–H groups in total. The Balaban J connectivity index is 8.11. The lowest BCUT2D eigenvalue weighted by Gasteiger charge is -2.42. The third kappa shape index (κ3) is 4.77. The number of aliphatic carboxylic acids is 1. The molecule has 3 nitrogen and oxygen atoms in total. The van der Waals surface area contributed by atoms with Crippen molar-refractivity contribution in [2.75, 3.05) is 0 Å². The van der Waals surface area contributed by atoms with Gasteiger partial charge in [-0.2, -0.15) is 96.6 Å². The number of carbonyl (C=O) groups is 1. The molecule has 0 bridgehead atoms. The predicted molar refractivity (Wildman–Crippen MR) is 68.6 cm³/mol. The highest BCUT2D eigenvalue weighted by molar-refractivity contribution is 5.90. The summed E-state index contributed by atoms with van der Waals surface area (Å²) in [7, 11) is 0. The van der Waals surface area contributed by atoms with Crippen molar-refractivity contribution in [1.29, 1.82) is 0 Å². The van der Waals surface area contributed by atoms with Gasteiger partial charge in [-0.25, -0.2) is 4.79 Å². The molecule has 0 aromatic carbocycles. The lowest BCUT2D eigenvalue weighted by molar-refractivity contribution is -0.440. The fourth-order valence-corrected chi connectivity index (χ4v) is 2.15. The van der Waals surface area contributed by atoms with E-state index in [1.165, 1.54) is 0 Å². The van der Waals surface area contributed by atoms with Crippen LogP contribution in [0.25, 0.3) is 0 Å². The molecule has 0 fully saturated rings. The first kappa shape index (κ1) is 35.6. The lowest BCUT2D eigenvalue weighted by atomic mass is 9.83. The smallest absolute Gasteiger partial charge is 0.460 e. The molecule has 25 heteroatoms. The minimum absolute atomic E-state index is 4.63. The predicted octanol–water partition coefficient (Wildman–Crippen LogP) is 6.52. The molecular formula is C13H2F22O3. The highest BCUT2D eigenvalue weighted by Crippen LogP contribution is 2.64. The maximum absolute atomic E-state index is 14.1. The number of allylic oxidation sites excluding steroid dienone is 1. The van der Waals surface area contributed by atoms with Gasteiger partial charge in [-0.15, -0.1) is 0 Å². The Morgan fingerprint density at radius 1 is 0.447 bits per heavy atom. The van der Waals surface area contributed by atoms with Crippen LogP contribution in [0.3, 0.4) is 0 Å². The monoisotopic (exact) mass is 624 g/mol. The van der Waals surface area contributed by atoms with Gasteiger partial charge in [0.2, 0.25) is 0 Å². The first-order chi connectivity index (χ1) is 15.9. The summed E-state index contributed by atoms with van der Waals surface area (Å²) >= 11 is 0. The summed E-state index contributed by atoms with van der Waals surface area (Å²) in [5, 5.41) is 15.8. The topological polar surface area (TPSA) is 57.5 Å². The number of halogens is 22. The Hall–Kier alpha value is -2.37. The van der Waals surface area contributed by atoms with E-state index in [9.17, 15) is 101 Å². The zero-order valence-electron chi connectivity index (χ0n) is 16.1. The van der Waals surface area contributed by atoms with E-state index in [4.69, 9.17) is 10.2 Å². The maximum Gasteiger partial charge on any atom is 0.460 e. The molecule has 0 unspecified atom stereocenters. The summed E-state index contributed by atoms with van der Waals surface area (Å²) in [5.41, 5.74) is -11.5. The van der Waals surface area contributed by atoms with Crippen molar-refractivity contribution in [1.82, 2.24) is 0 Å². The molecule has 0 spiro atoms. The Morgan fingerprint density at radius 3 is 0.974 bits per heavy atom. The van der Waals surface area contributed by atoms with Crippen molar-refractivity contribution in [2.24, 2.45) is 0 Å². The molecule has 226 valence electrons. The zero-order chi connectivity index (χ0) is 31.7. The molecule has 38 heavy (non-hydrogen) atoms. The number of carboxylic acids is 1. The number of alkyl halides is 22. The Labute approximate surface area is 190 Å². The summed E-state index contributed by atoms with van der Waals surface area (Å²) in [6, 6.07) is 0. The van der Waals surface area contributed by atoms with Crippen molar-refractivity contribution in [3.05, 3.63) is 11.1 Å². The minimum atomic E-state index is -9.30. The Morgan fingerprint density at radius 2 is 0.737 bits per heavy atom. The van der Waals surface area contributed by atoms with Gasteiger partial charge in [0.25, 0.3) is 0 Å². The van der Waals surface area contributed by atoms with E-state index in [1.54, 1.807) is 0 Å². The first-order valence-corrected chi connectivity index (χ1v) is 7.81. The van der Waals surface area contributed by atoms with Gasteiger partial charge in [0, 0.05) is 0 Å². The summed E-state index contributed by atoms with van der Waals surface area (Å²) in [6.45, 7) is 0. The van der Waals surface area contributed by atoms with Crippen LogP contribution in [0.2, 0.25) is 0 Å². The average Bonchev–Trinajstić information content (AvgIpc) is 2.61. The van der Waals surface area contributed by atoms with Gasteiger partial charge in [0.1, 0.15) is 5.57 Å². The molecule has 0 aromatic heterocycles. The van der Waals surface area contributed by atoms with Crippen LogP contribution in [-0.4, -0.2) is 76.1 Å². The van der Waals surface area contributed by atoms with E-state index in [1.807, 2.05) is 0 Å². The second kappa shape index (κ2) is 8.82. The molecule has 0 amide bonds. The molecule has 0 aliphatic carbocycles. The van der Waals surface area contributed by atoms with Crippen molar-refractivity contribution in [2.45, 2.75) is 59.9 Å². The lowest BCUT2D eigenvalue weighted by Crippen LogP contribution is -2.71. The average molecular weight is 624 g/mol. The number of aliphatic hydroxyl groups is 1. The highest BCUT2D eigenvalue weighted by atomic mass is 19.4. The molecule has 0 radical (unpaired) electrons. The molecule has 0 aliphatic rings. The molecule has 0 atom stereocenters. The van der Waals surface area contributed by atoms with Gasteiger partial charge < -0.3 is 10.2 Å². The van der Waals surface area contributed by atoms with Gasteiger partial charge in [-0.3, -0.25) is 0 Å². The molecule has 0 rings (SSSR count). The third-order valence-electron chi connectivity index (χ3n) is 4.08. The zero-order valence-corrected chi connectivity index (χ0v) is 16.1. The second-order valence-electron chi connectivity index (χ2n) is 6.61. The second-order valence-corrected chi connectivity index (χ2v) is 6.61. The van der Waals surface area contributed by atoms with Crippen molar-refractivity contribution in [3.63, 3.8) is 0 Å². The van der Waals surface area contributed by atoms with Crippen LogP contribution in [0.1, 0.15) is 0 Å². The fraction of sp³-hybridized carbons (Fsp3) is 0.769. The van der Waals surface area contributed by atoms with Gasteiger partial charge in [-0.05, 0) is 0 Å². The Bertz CT molecular complexity index is 945. The van der Waals surface area contributed by atoms with Crippen LogP contribution in [0.5, 0.6) is 0 Å². The number of rotatable bonds is 9. The van der Waals surface area contributed by atoms with Crippen LogP contribution in [0, 0.1) is 0 Å². The highest BCUT2D eigenvalue weighted by Gasteiger charge is 2.93. The summed E-state index contributed by atoms with van der Waals surface area (Å²) < 4.78 is 288. The molecular weight excluding hydrogens is 622 g/mol. The Kier molecular flexibility index (Phi) is 8.27. The number of hydrogen-bond acceptors (Lipinski definition) is 2. The van der Waals surface area contributed by atoms with E-state index in [2.05, 4.69) is 0 Å². The maximum atomic E-state index is 14.1. The van der Waals surface area contributed by atoms with Gasteiger partial charge in [0.05, 0.1) is 0 Å². The molecule has 0 saturated carbocycles. The minimum Gasteiger partial charge on any atom is -0.478 e. The third-order valence-corrected chi connectivity index (χ3v) is 4.08. The van der Waals surface area contributed by atoms with Crippen LogP contribution >= 0.6 is 0 Å². The van der Waals surface area contributed by atoms with Crippen LogP contribution < -0.4 is 0 Å². The first-order valence-electron chi connectivity index (χ1n) is 7.81. The summed E-state index contributed by atoms with van der Waals surface area (Å²) in [6.07, 6.45) is -23.5. The van der Waals surface area contributed by atoms with Gasteiger partial charge in [0.15, 0.2) is 5.57 Å². The molecule has 0 saturated heterocycles. The molecule has 0 aliphatic heterocycles. The van der Waals surface area contributed by atoms with Gasteiger partial charge in [-0.1, -0.05) is 0 Å². The van der Waals surface area contributed by atoms with Crippen LogP contribution in [0.4, 0.5) is 96.6 Å². The van der Waals surface area contributed by atoms with E-state index in [0.29, 0.717) is 0 Å². The van der Waals surface area contributed by atoms with E-state index in [0.717, 1.165) is 0 Å². The van der Waals surface area contributed by atoms with E-state index < -0.39 is 77.0 Å².